The maximum absolute atomic E-state index is 12.9. The lowest BCUT2D eigenvalue weighted by Gasteiger charge is -2.36. The third kappa shape index (κ3) is 3.90. The number of amides is 1. The number of ether oxygens (including phenoxy) is 2. The maximum Gasteiger partial charge on any atom is 0.231 e. The predicted octanol–water partition coefficient (Wildman–Crippen LogP) is 4.28. The molecule has 6 heteroatoms. The van der Waals surface area contributed by atoms with Gasteiger partial charge in [-0.1, -0.05) is 37.6 Å². The molecule has 1 atom stereocenters. The van der Waals surface area contributed by atoms with Gasteiger partial charge in [0.1, 0.15) is 0 Å². The molecule has 1 aliphatic carbocycles. The summed E-state index contributed by atoms with van der Waals surface area (Å²) in [5.41, 5.74) is 5.53. The summed E-state index contributed by atoms with van der Waals surface area (Å²) in [4.78, 5) is 12.9. The van der Waals surface area contributed by atoms with Gasteiger partial charge in [-0.25, -0.2) is 4.68 Å². The number of carbonyl (C=O) groups excluding carboxylic acids is 1. The zero-order chi connectivity index (χ0) is 21.6. The zero-order valence-corrected chi connectivity index (χ0v) is 18.1. The molecule has 2 aromatic carbocycles. The number of carbonyl (C=O) groups is 1. The lowest BCUT2D eigenvalue weighted by Crippen LogP contribution is -2.37. The number of nitrogens with one attached hydrogen (secondary N) is 1. The molecule has 0 bridgehead atoms. The Morgan fingerprint density at radius 2 is 1.94 bits per heavy atom. The van der Waals surface area contributed by atoms with Crippen molar-refractivity contribution in [1.82, 2.24) is 15.1 Å². The van der Waals surface area contributed by atoms with Crippen LogP contribution in [-0.2, 0) is 17.6 Å². The van der Waals surface area contributed by atoms with Crippen LogP contribution in [0.3, 0.4) is 0 Å². The molecule has 31 heavy (non-hydrogen) atoms. The normalized spacial score (nSPS) is 18.5. The lowest BCUT2D eigenvalue weighted by atomic mass is 9.74. The van der Waals surface area contributed by atoms with E-state index in [2.05, 4.69) is 55.5 Å². The topological polar surface area (TPSA) is 65.4 Å². The molecule has 0 saturated carbocycles. The van der Waals surface area contributed by atoms with E-state index in [0.717, 1.165) is 35.4 Å². The Morgan fingerprint density at radius 1 is 1.16 bits per heavy atom. The van der Waals surface area contributed by atoms with E-state index in [9.17, 15) is 4.79 Å². The summed E-state index contributed by atoms with van der Waals surface area (Å²) in [7, 11) is 0. The van der Waals surface area contributed by atoms with Crippen LogP contribution in [0.1, 0.15) is 48.7 Å². The van der Waals surface area contributed by atoms with Crippen LogP contribution in [0.5, 0.6) is 11.5 Å². The van der Waals surface area contributed by atoms with Gasteiger partial charge in [-0.15, -0.1) is 0 Å². The Labute approximate surface area is 182 Å². The van der Waals surface area contributed by atoms with Crippen molar-refractivity contribution in [3.63, 3.8) is 0 Å². The number of benzene rings is 2. The molecule has 0 spiro atoms. The van der Waals surface area contributed by atoms with Gasteiger partial charge in [0, 0.05) is 5.56 Å². The van der Waals surface area contributed by atoms with Crippen LogP contribution in [0.15, 0.2) is 48.7 Å². The summed E-state index contributed by atoms with van der Waals surface area (Å²) in [6.07, 6.45) is 4.02. The van der Waals surface area contributed by atoms with Crippen molar-refractivity contribution < 1.29 is 14.3 Å². The van der Waals surface area contributed by atoms with Crippen molar-refractivity contribution in [1.29, 1.82) is 0 Å². The maximum atomic E-state index is 12.9. The third-order valence-corrected chi connectivity index (χ3v) is 6.09. The molecule has 0 radical (unpaired) electrons. The van der Waals surface area contributed by atoms with E-state index in [1.807, 2.05) is 29.1 Å². The van der Waals surface area contributed by atoms with Gasteiger partial charge in [0.25, 0.3) is 0 Å². The molecule has 1 aromatic heterocycles. The van der Waals surface area contributed by atoms with Crippen LogP contribution in [0, 0.1) is 12.3 Å². The summed E-state index contributed by atoms with van der Waals surface area (Å²) in [6, 6.07) is 14.0. The standard InChI is InChI=1S/C25H27N3O3/c1-16-4-7-18(8-5-16)28-21-13-25(2,3)12-20(19(21)14-26-28)27-24(29)11-17-6-9-22-23(10-17)31-15-30-22/h4-10,14,20H,11-13,15H2,1-3H3,(H,27,29). The van der Waals surface area contributed by atoms with Crippen molar-refractivity contribution in [3.8, 4) is 17.2 Å². The quantitative estimate of drug-likeness (QED) is 0.688. The summed E-state index contributed by atoms with van der Waals surface area (Å²) in [5.74, 6) is 1.42. The van der Waals surface area contributed by atoms with Crippen LogP contribution in [0.2, 0.25) is 0 Å². The molecule has 0 saturated heterocycles. The second-order valence-corrected chi connectivity index (χ2v) is 9.32. The number of hydrogen-bond donors (Lipinski definition) is 1. The molecule has 1 N–H and O–H groups in total. The lowest BCUT2D eigenvalue weighted by molar-refractivity contribution is -0.121. The fraction of sp³-hybridized carbons (Fsp3) is 0.360. The smallest absolute Gasteiger partial charge is 0.231 e. The number of aryl methyl sites for hydroxylation is 1. The van der Waals surface area contributed by atoms with Gasteiger partial charge in [0.2, 0.25) is 12.7 Å². The van der Waals surface area contributed by atoms with Gasteiger partial charge in [0.05, 0.1) is 30.0 Å². The highest BCUT2D eigenvalue weighted by Gasteiger charge is 2.36. The molecule has 2 heterocycles. The highest BCUT2D eigenvalue weighted by molar-refractivity contribution is 5.79. The first kappa shape index (κ1) is 19.7. The average Bonchev–Trinajstić information content (AvgIpc) is 3.34. The molecule has 160 valence electrons. The van der Waals surface area contributed by atoms with E-state index in [0.29, 0.717) is 12.2 Å². The Balaban J connectivity index is 1.37. The van der Waals surface area contributed by atoms with Crippen LogP contribution in [0.25, 0.3) is 5.69 Å². The molecule has 3 aromatic rings. The first-order chi connectivity index (χ1) is 14.9. The van der Waals surface area contributed by atoms with Crippen molar-refractivity contribution >= 4 is 5.91 Å². The minimum atomic E-state index is -0.0561. The summed E-state index contributed by atoms with van der Waals surface area (Å²) in [6.45, 7) is 6.81. The summed E-state index contributed by atoms with van der Waals surface area (Å²) < 4.78 is 12.8. The van der Waals surface area contributed by atoms with Gasteiger partial charge >= 0.3 is 0 Å². The van der Waals surface area contributed by atoms with Crippen LogP contribution >= 0.6 is 0 Å². The predicted molar refractivity (Wildman–Crippen MR) is 118 cm³/mol. The first-order valence-corrected chi connectivity index (χ1v) is 10.7. The van der Waals surface area contributed by atoms with Gasteiger partial charge in [-0.05, 0) is 55.0 Å². The highest BCUT2D eigenvalue weighted by Crippen LogP contribution is 2.41. The van der Waals surface area contributed by atoms with Crippen LogP contribution in [0.4, 0.5) is 0 Å². The van der Waals surface area contributed by atoms with Crippen molar-refractivity contribution in [2.45, 2.75) is 46.1 Å². The van der Waals surface area contributed by atoms with Crippen molar-refractivity contribution in [2.75, 3.05) is 6.79 Å². The van der Waals surface area contributed by atoms with Crippen molar-refractivity contribution in [3.05, 3.63) is 71.0 Å². The third-order valence-electron chi connectivity index (χ3n) is 6.09. The zero-order valence-electron chi connectivity index (χ0n) is 18.1. The van der Waals surface area contributed by atoms with Crippen LogP contribution < -0.4 is 14.8 Å². The van der Waals surface area contributed by atoms with E-state index >= 15 is 0 Å². The second-order valence-electron chi connectivity index (χ2n) is 9.32. The molecular formula is C25H27N3O3. The highest BCUT2D eigenvalue weighted by atomic mass is 16.7. The van der Waals surface area contributed by atoms with E-state index < -0.39 is 0 Å². The molecule has 1 aliphatic heterocycles. The molecular weight excluding hydrogens is 390 g/mol. The average molecular weight is 418 g/mol. The van der Waals surface area contributed by atoms with Gasteiger partial charge in [-0.2, -0.15) is 5.10 Å². The number of rotatable bonds is 4. The molecule has 2 aliphatic rings. The number of nitrogens with zero attached hydrogens (tertiary/aromatic N) is 2. The molecule has 5 rings (SSSR count). The van der Waals surface area contributed by atoms with Gasteiger partial charge in [-0.3, -0.25) is 4.79 Å². The molecule has 6 nitrogen and oxygen atoms in total. The van der Waals surface area contributed by atoms with E-state index in [4.69, 9.17) is 9.47 Å². The van der Waals surface area contributed by atoms with Gasteiger partial charge < -0.3 is 14.8 Å². The minimum Gasteiger partial charge on any atom is -0.454 e. The largest absolute Gasteiger partial charge is 0.454 e. The molecule has 1 unspecified atom stereocenters. The molecule has 1 amide bonds. The Hall–Kier alpha value is -3.28. The van der Waals surface area contributed by atoms with Gasteiger partial charge in [0.15, 0.2) is 11.5 Å². The Kier molecular flexibility index (Phi) is 4.73. The number of hydrogen-bond acceptors (Lipinski definition) is 4. The first-order valence-electron chi connectivity index (χ1n) is 10.7. The van der Waals surface area contributed by atoms with E-state index in [-0.39, 0.29) is 24.2 Å². The van der Waals surface area contributed by atoms with Crippen molar-refractivity contribution in [2.24, 2.45) is 5.41 Å². The minimum absolute atomic E-state index is 0.00407. The fourth-order valence-corrected chi connectivity index (χ4v) is 4.56. The fourth-order valence-electron chi connectivity index (χ4n) is 4.56. The monoisotopic (exact) mass is 417 g/mol. The SMILES string of the molecule is Cc1ccc(-n2ncc3c2CC(C)(C)CC3NC(=O)Cc2ccc3c(c2)OCO3)cc1. The Morgan fingerprint density at radius 3 is 2.74 bits per heavy atom. The second kappa shape index (κ2) is 7.45. The van der Waals surface area contributed by atoms with Crippen LogP contribution in [-0.4, -0.2) is 22.5 Å². The summed E-state index contributed by atoms with van der Waals surface area (Å²) in [5, 5.41) is 7.94. The molecule has 0 fully saturated rings. The Bertz CT molecular complexity index is 1130. The number of fused-ring (bicyclic) bond motifs is 2. The summed E-state index contributed by atoms with van der Waals surface area (Å²) >= 11 is 0. The van der Waals surface area contributed by atoms with E-state index in [1.165, 1.54) is 11.3 Å². The van der Waals surface area contributed by atoms with E-state index in [1.54, 1.807) is 0 Å². The number of aromatic nitrogens is 2.